The fourth-order valence-electron chi connectivity index (χ4n) is 5.35. The number of hydrogen-bond acceptors (Lipinski definition) is 3. The number of carbonyl (C=O) groups is 1. The molecule has 5 nitrogen and oxygen atoms in total. The Balaban J connectivity index is 1.56. The molecule has 0 N–H and O–H groups in total. The second kappa shape index (κ2) is 10.2. The third-order valence-corrected chi connectivity index (χ3v) is 7.83. The number of aromatic nitrogens is 3. The van der Waals surface area contributed by atoms with Gasteiger partial charge in [0.05, 0.1) is 0 Å². The van der Waals surface area contributed by atoms with Crippen molar-refractivity contribution in [2.75, 3.05) is 0 Å². The zero-order chi connectivity index (χ0) is 27.3. The van der Waals surface area contributed by atoms with Crippen LogP contribution < -0.4 is 4.74 Å². The number of benzene rings is 3. The number of nitrogens with zero attached hydrogens (tertiary/aromatic N) is 3. The molecule has 5 aromatic rings. The van der Waals surface area contributed by atoms with Crippen molar-refractivity contribution in [3.05, 3.63) is 110 Å². The van der Waals surface area contributed by atoms with Crippen molar-refractivity contribution in [3.8, 4) is 16.9 Å². The molecule has 2 aromatic heterocycles. The minimum atomic E-state index is -0.405. The predicted octanol–water partition coefficient (Wildman–Crippen LogP) is 8.01. The normalized spacial score (nSPS) is 13.1. The first kappa shape index (κ1) is 25.7. The Hall–Kier alpha value is -3.61. The van der Waals surface area contributed by atoms with Crippen molar-refractivity contribution in [2.45, 2.75) is 46.3 Å². The first-order valence-corrected chi connectivity index (χ1v) is 13.7. The third-order valence-electron chi connectivity index (χ3n) is 7.28. The van der Waals surface area contributed by atoms with Crippen LogP contribution in [-0.2, 0) is 19.6 Å². The lowest BCUT2D eigenvalue weighted by molar-refractivity contribution is 0.103. The van der Waals surface area contributed by atoms with Gasteiger partial charge in [-0.05, 0) is 86.7 Å². The summed E-state index contributed by atoms with van der Waals surface area (Å²) in [5.41, 5.74) is 6.25. The molecular weight excluding hydrogens is 536 g/mol. The molecule has 0 spiro atoms. The SMILES string of the molecule is Cc1ccc(C)c(OCc2nn3c(C(=O)c4ccc(F)cc4)c(-c4ccc(Cl)cc4Cl)c4c3n2CCCC4)c1. The van der Waals surface area contributed by atoms with E-state index in [0.29, 0.717) is 26.9 Å². The van der Waals surface area contributed by atoms with Gasteiger partial charge in [0.2, 0.25) is 5.78 Å². The zero-order valence-electron chi connectivity index (χ0n) is 21.6. The lowest BCUT2D eigenvalue weighted by atomic mass is 9.95. The standard InChI is InChI=1S/C31H26Cl2FN3O2/c1-18-6-7-19(2)26(15-18)39-17-27-35-37-29(30(38)20-8-11-22(34)12-9-20)28(23-13-10-21(32)16-25(23)33)24-5-3-4-14-36(27)31(24)37/h6-13,15-16H,3-5,14,17H2,1-2H3. The summed E-state index contributed by atoms with van der Waals surface area (Å²) >= 11 is 12.9. The van der Waals surface area contributed by atoms with Crippen molar-refractivity contribution in [1.29, 1.82) is 0 Å². The summed E-state index contributed by atoms with van der Waals surface area (Å²) in [5, 5.41) is 5.91. The number of aryl methyl sites for hydroxylation is 4. The van der Waals surface area contributed by atoms with Crippen LogP contribution in [0.2, 0.25) is 10.0 Å². The molecule has 0 aliphatic carbocycles. The predicted molar refractivity (Wildman–Crippen MR) is 152 cm³/mol. The maximum absolute atomic E-state index is 14.1. The van der Waals surface area contributed by atoms with Crippen molar-refractivity contribution in [3.63, 3.8) is 0 Å². The van der Waals surface area contributed by atoms with Gasteiger partial charge in [0.25, 0.3) is 0 Å². The smallest absolute Gasteiger partial charge is 0.212 e. The van der Waals surface area contributed by atoms with Gasteiger partial charge >= 0.3 is 0 Å². The Kier molecular flexibility index (Phi) is 6.69. The van der Waals surface area contributed by atoms with Crippen LogP contribution >= 0.6 is 23.2 Å². The molecule has 0 amide bonds. The van der Waals surface area contributed by atoms with Crippen LogP contribution in [0.5, 0.6) is 5.75 Å². The van der Waals surface area contributed by atoms with E-state index < -0.39 is 5.82 Å². The summed E-state index contributed by atoms with van der Waals surface area (Å²) < 4.78 is 23.8. The summed E-state index contributed by atoms with van der Waals surface area (Å²) in [4.78, 5) is 14.1. The molecule has 3 aromatic carbocycles. The molecule has 0 unspecified atom stereocenters. The van der Waals surface area contributed by atoms with Gasteiger partial charge in [-0.2, -0.15) is 0 Å². The van der Waals surface area contributed by atoms with Crippen LogP contribution in [0.4, 0.5) is 4.39 Å². The molecule has 198 valence electrons. The van der Waals surface area contributed by atoms with E-state index in [9.17, 15) is 9.18 Å². The highest BCUT2D eigenvalue weighted by Crippen LogP contribution is 2.41. The molecular formula is C31H26Cl2FN3O2. The monoisotopic (exact) mass is 561 g/mol. The van der Waals surface area contributed by atoms with Gasteiger partial charge in [0.1, 0.15) is 29.5 Å². The largest absolute Gasteiger partial charge is 0.485 e. The Morgan fingerprint density at radius 1 is 1.03 bits per heavy atom. The molecule has 6 rings (SSSR count). The van der Waals surface area contributed by atoms with Gasteiger partial charge in [0.15, 0.2) is 5.82 Å². The first-order chi connectivity index (χ1) is 18.8. The highest BCUT2D eigenvalue weighted by atomic mass is 35.5. The second-order valence-corrected chi connectivity index (χ2v) is 10.8. The van der Waals surface area contributed by atoms with E-state index in [1.54, 1.807) is 16.6 Å². The molecule has 39 heavy (non-hydrogen) atoms. The minimum Gasteiger partial charge on any atom is -0.485 e. The number of hydrogen-bond donors (Lipinski definition) is 0. The van der Waals surface area contributed by atoms with E-state index in [-0.39, 0.29) is 12.4 Å². The Bertz CT molecular complexity index is 1740. The summed E-state index contributed by atoms with van der Waals surface area (Å²) in [7, 11) is 0. The van der Waals surface area contributed by atoms with Crippen LogP contribution in [0.1, 0.15) is 51.4 Å². The summed E-state index contributed by atoms with van der Waals surface area (Å²) in [6.45, 7) is 5.06. The van der Waals surface area contributed by atoms with Crippen LogP contribution in [-0.4, -0.2) is 20.0 Å². The Morgan fingerprint density at radius 2 is 1.82 bits per heavy atom. The van der Waals surface area contributed by atoms with Crippen molar-refractivity contribution in [1.82, 2.24) is 14.2 Å². The third kappa shape index (κ3) is 4.62. The highest BCUT2D eigenvalue weighted by Gasteiger charge is 2.32. The second-order valence-electron chi connectivity index (χ2n) is 9.98. The maximum atomic E-state index is 14.1. The van der Waals surface area contributed by atoms with Gasteiger partial charge in [-0.15, -0.1) is 5.10 Å². The number of ketones is 1. The molecule has 0 fully saturated rings. The molecule has 8 heteroatoms. The van der Waals surface area contributed by atoms with Gasteiger partial charge in [-0.3, -0.25) is 4.79 Å². The number of halogens is 3. The number of carbonyl (C=O) groups excluding carboxylic acids is 1. The number of ether oxygens (including phenoxy) is 1. The molecule has 1 aliphatic heterocycles. The van der Waals surface area contributed by atoms with Gasteiger partial charge in [-0.1, -0.05) is 41.4 Å². The van der Waals surface area contributed by atoms with Crippen LogP contribution in [0.25, 0.3) is 16.8 Å². The lowest BCUT2D eigenvalue weighted by Crippen LogP contribution is -2.09. The summed E-state index contributed by atoms with van der Waals surface area (Å²) in [6.07, 6.45) is 2.67. The van der Waals surface area contributed by atoms with Gasteiger partial charge in [0, 0.05) is 38.8 Å². The van der Waals surface area contributed by atoms with Crippen LogP contribution in [0, 0.1) is 19.7 Å². The minimum absolute atomic E-state index is 0.257. The average Bonchev–Trinajstić information content (AvgIpc) is 3.30. The maximum Gasteiger partial charge on any atom is 0.212 e. The van der Waals surface area contributed by atoms with Gasteiger partial charge < -0.3 is 9.30 Å². The molecule has 1 aliphatic rings. The van der Waals surface area contributed by atoms with Crippen LogP contribution in [0.15, 0.2) is 60.7 Å². The van der Waals surface area contributed by atoms with Crippen molar-refractivity contribution in [2.24, 2.45) is 0 Å². The zero-order valence-corrected chi connectivity index (χ0v) is 23.1. The average molecular weight is 562 g/mol. The Morgan fingerprint density at radius 3 is 2.59 bits per heavy atom. The molecule has 0 atom stereocenters. The van der Waals surface area contributed by atoms with E-state index in [4.69, 9.17) is 33.0 Å². The van der Waals surface area contributed by atoms with E-state index >= 15 is 0 Å². The molecule has 0 saturated heterocycles. The molecule has 3 heterocycles. The fraction of sp³-hybridized carbons (Fsp3) is 0.226. The molecule has 0 radical (unpaired) electrons. The highest BCUT2D eigenvalue weighted by molar-refractivity contribution is 6.36. The number of rotatable bonds is 6. The Labute approximate surface area is 235 Å². The van der Waals surface area contributed by atoms with E-state index in [1.165, 1.54) is 24.3 Å². The van der Waals surface area contributed by atoms with Crippen LogP contribution in [0.3, 0.4) is 0 Å². The van der Waals surface area contributed by atoms with Gasteiger partial charge in [-0.25, -0.2) is 8.91 Å². The van der Waals surface area contributed by atoms with Crippen molar-refractivity contribution >= 4 is 34.6 Å². The molecule has 0 bridgehead atoms. The quantitative estimate of drug-likeness (QED) is 0.197. The molecule has 0 saturated carbocycles. The lowest BCUT2D eigenvalue weighted by Gasteiger charge is -2.12. The first-order valence-electron chi connectivity index (χ1n) is 12.9. The fourth-order valence-corrected chi connectivity index (χ4v) is 5.85. The van der Waals surface area contributed by atoms with E-state index in [0.717, 1.165) is 65.3 Å². The van der Waals surface area contributed by atoms with Crippen molar-refractivity contribution < 1.29 is 13.9 Å². The summed E-state index contributed by atoms with van der Waals surface area (Å²) in [6, 6.07) is 17.0. The topological polar surface area (TPSA) is 48.5 Å². The van der Waals surface area contributed by atoms with E-state index in [2.05, 4.69) is 10.6 Å². The van der Waals surface area contributed by atoms with E-state index in [1.807, 2.05) is 32.0 Å². The summed E-state index contributed by atoms with van der Waals surface area (Å²) in [5.74, 6) is 0.874.